The van der Waals surface area contributed by atoms with E-state index >= 15 is 0 Å². The molecule has 1 atom stereocenters. The van der Waals surface area contributed by atoms with Crippen LogP contribution in [0.1, 0.15) is 11.4 Å². The number of hydrogen-bond donors (Lipinski definition) is 2. The van der Waals surface area contributed by atoms with Gasteiger partial charge in [-0.25, -0.2) is 4.98 Å². The van der Waals surface area contributed by atoms with Gasteiger partial charge in [0.25, 0.3) is 5.56 Å². The molecule has 0 bridgehead atoms. The number of fused-ring (bicyclic) bond motifs is 1. The summed E-state index contributed by atoms with van der Waals surface area (Å²) in [5.41, 5.74) is 1.38. The van der Waals surface area contributed by atoms with E-state index in [0.29, 0.717) is 44.9 Å². The van der Waals surface area contributed by atoms with Crippen LogP contribution in [-0.4, -0.2) is 17.0 Å². The molecular weight excluding hydrogens is 369 g/mol. The average Bonchev–Trinajstić information content (AvgIpc) is 2.51. The van der Waals surface area contributed by atoms with Crippen LogP contribution in [0.2, 0.25) is 15.1 Å². The lowest BCUT2D eigenvalue weighted by atomic mass is 10.2. The molecule has 1 heterocycles. The minimum Gasteiger partial charge on any atom is -0.327 e. The summed E-state index contributed by atoms with van der Waals surface area (Å²) in [6.45, 7) is 1.21. The monoisotopic (exact) mass is 382 g/mol. The van der Waals surface area contributed by atoms with Crippen LogP contribution in [0, 0.1) is 0 Å². The molecule has 24 heavy (non-hydrogen) atoms. The Kier molecular flexibility index (Phi) is 5.11. The molecule has 0 aliphatic carbocycles. The second-order valence-electron chi connectivity index (χ2n) is 5.70. The Morgan fingerprint density at radius 2 is 1.92 bits per heavy atom. The Balaban J connectivity index is 1.84. The first kappa shape index (κ1) is 17.2. The van der Waals surface area contributed by atoms with Crippen LogP contribution in [-0.2, 0) is 13.1 Å². The first-order chi connectivity index (χ1) is 11.4. The van der Waals surface area contributed by atoms with Crippen LogP contribution in [0.3, 0.4) is 0 Å². The zero-order valence-electron chi connectivity index (χ0n) is 12.9. The summed E-state index contributed by atoms with van der Waals surface area (Å²) >= 11 is 18.3. The topological polar surface area (TPSA) is 50.2 Å². The molecule has 0 aliphatic rings. The van der Waals surface area contributed by atoms with Crippen LogP contribution < -0.4 is 10.5 Å². The summed E-state index contributed by atoms with van der Waals surface area (Å²) in [5, 5.41) is 2.18. The molecular formula is C17H15Cl3N3O+. The fraction of sp³-hybridized carbons (Fsp3) is 0.176. The van der Waals surface area contributed by atoms with E-state index in [0.717, 1.165) is 10.5 Å². The third kappa shape index (κ3) is 3.73. The van der Waals surface area contributed by atoms with Crippen molar-refractivity contribution >= 4 is 45.7 Å². The van der Waals surface area contributed by atoms with E-state index in [4.69, 9.17) is 34.8 Å². The summed E-state index contributed by atoms with van der Waals surface area (Å²) in [6.07, 6.45) is 0. The Morgan fingerprint density at radius 1 is 1.12 bits per heavy atom. The fourth-order valence-corrected chi connectivity index (χ4v) is 3.16. The van der Waals surface area contributed by atoms with Crippen LogP contribution in [0.5, 0.6) is 0 Å². The van der Waals surface area contributed by atoms with Gasteiger partial charge in [-0.3, -0.25) is 4.79 Å². The van der Waals surface area contributed by atoms with Gasteiger partial charge in [0.15, 0.2) is 5.82 Å². The lowest BCUT2D eigenvalue weighted by molar-refractivity contribution is -0.908. The highest BCUT2D eigenvalue weighted by Gasteiger charge is 2.13. The summed E-state index contributed by atoms with van der Waals surface area (Å²) in [6, 6.07) is 10.6. The quantitative estimate of drug-likeness (QED) is 0.727. The second kappa shape index (κ2) is 7.11. The first-order valence-corrected chi connectivity index (χ1v) is 8.50. The predicted molar refractivity (Wildman–Crippen MR) is 98.1 cm³/mol. The molecule has 2 N–H and O–H groups in total. The van der Waals surface area contributed by atoms with Crippen molar-refractivity contribution in [3.8, 4) is 0 Å². The molecule has 0 radical (unpaired) electrons. The Labute approximate surface area is 154 Å². The average molecular weight is 384 g/mol. The fourth-order valence-electron chi connectivity index (χ4n) is 2.60. The third-order valence-corrected chi connectivity index (χ3v) is 4.80. The van der Waals surface area contributed by atoms with Gasteiger partial charge in [0, 0.05) is 10.6 Å². The van der Waals surface area contributed by atoms with Gasteiger partial charge in [-0.1, -0.05) is 46.9 Å². The molecule has 0 fully saturated rings. The van der Waals surface area contributed by atoms with E-state index in [1.165, 1.54) is 0 Å². The molecule has 1 unspecified atom stereocenters. The number of aromatic amines is 1. The number of halogens is 3. The number of quaternary nitrogens is 1. The maximum absolute atomic E-state index is 12.2. The van der Waals surface area contributed by atoms with Gasteiger partial charge in [-0.15, -0.1) is 0 Å². The van der Waals surface area contributed by atoms with E-state index in [1.54, 1.807) is 24.3 Å². The molecule has 124 valence electrons. The van der Waals surface area contributed by atoms with Gasteiger partial charge in [-0.2, -0.15) is 0 Å². The molecule has 1 aromatic heterocycles. The number of benzene rings is 2. The van der Waals surface area contributed by atoms with Crippen LogP contribution >= 0.6 is 34.8 Å². The highest BCUT2D eigenvalue weighted by atomic mass is 35.5. The van der Waals surface area contributed by atoms with Crippen LogP contribution in [0.4, 0.5) is 0 Å². The lowest BCUT2D eigenvalue weighted by Gasteiger charge is -2.15. The van der Waals surface area contributed by atoms with Crippen LogP contribution in [0.15, 0.2) is 41.2 Å². The minimum atomic E-state index is -0.166. The maximum atomic E-state index is 12.2. The largest absolute Gasteiger partial charge is 0.327 e. The van der Waals surface area contributed by atoms with Crippen molar-refractivity contribution < 1.29 is 4.90 Å². The Hall–Kier alpha value is -1.59. The molecule has 3 rings (SSSR count). The molecule has 4 nitrogen and oxygen atoms in total. The van der Waals surface area contributed by atoms with Crippen molar-refractivity contribution in [1.82, 2.24) is 9.97 Å². The highest BCUT2D eigenvalue weighted by molar-refractivity contribution is 6.42. The Bertz CT molecular complexity index is 955. The predicted octanol–water partition coefficient (Wildman–Crippen LogP) is 3.10. The van der Waals surface area contributed by atoms with E-state index < -0.39 is 0 Å². The molecule has 0 amide bonds. The smallest absolute Gasteiger partial charge is 0.258 e. The molecule has 0 saturated carbocycles. The summed E-state index contributed by atoms with van der Waals surface area (Å²) < 4.78 is 0. The number of aromatic nitrogens is 2. The zero-order chi connectivity index (χ0) is 17.3. The van der Waals surface area contributed by atoms with Crippen molar-refractivity contribution in [2.75, 3.05) is 7.05 Å². The third-order valence-electron chi connectivity index (χ3n) is 3.71. The second-order valence-corrected chi connectivity index (χ2v) is 6.92. The number of H-pyrrole nitrogens is 1. The van der Waals surface area contributed by atoms with Gasteiger partial charge in [0.1, 0.15) is 13.1 Å². The summed E-state index contributed by atoms with van der Waals surface area (Å²) in [5.74, 6) is 0.602. The van der Waals surface area contributed by atoms with Crippen LogP contribution in [0.25, 0.3) is 10.9 Å². The Morgan fingerprint density at radius 3 is 2.71 bits per heavy atom. The van der Waals surface area contributed by atoms with Gasteiger partial charge in [-0.05, 0) is 24.3 Å². The molecule has 7 heteroatoms. The standard InChI is InChI=1S/C17H14Cl3N3O/c1-23(8-10-3-2-4-13(19)16(10)20)9-15-21-14-7-11(18)5-6-12(14)17(24)22-15/h2-7H,8-9H2,1H3,(H,21,22,24)/p+1. The normalized spacial score (nSPS) is 12.5. The van der Waals surface area contributed by atoms with E-state index in [2.05, 4.69) is 9.97 Å². The minimum absolute atomic E-state index is 0.166. The summed E-state index contributed by atoms with van der Waals surface area (Å²) in [4.78, 5) is 20.6. The van der Waals surface area contributed by atoms with Crippen molar-refractivity contribution in [3.63, 3.8) is 0 Å². The molecule has 0 saturated heterocycles. The molecule has 0 spiro atoms. The van der Waals surface area contributed by atoms with E-state index in [1.807, 2.05) is 19.2 Å². The number of nitrogens with zero attached hydrogens (tertiary/aromatic N) is 1. The van der Waals surface area contributed by atoms with Crippen molar-refractivity contribution in [1.29, 1.82) is 0 Å². The van der Waals surface area contributed by atoms with Gasteiger partial charge in [0.05, 0.1) is 28.0 Å². The number of nitrogens with one attached hydrogen (secondary N) is 2. The molecule has 3 aromatic rings. The maximum Gasteiger partial charge on any atom is 0.258 e. The van der Waals surface area contributed by atoms with Crippen molar-refractivity contribution in [2.45, 2.75) is 13.1 Å². The number of hydrogen-bond acceptors (Lipinski definition) is 2. The van der Waals surface area contributed by atoms with Gasteiger partial charge < -0.3 is 9.88 Å². The summed E-state index contributed by atoms with van der Waals surface area (Å²) in [7, 11) is 2.00. The lowest BCUT2D eigenvalue weighted by Crippen LogP contribution is -3.06. The van der Waals surface area contributed by atoms with Gasteiger partial charge in [0.2, 0.25) is 0 Å². The van der Waals surface area contributed by atoms with Gasteiger partial charge >= 0.3 is 0 Å². The highest BCUT2D eigenvalue weighted by Crippen LogP contribution is 2.24. The number of rotatable bonds is 4. The van der Waals surface area contributed by atoms with E-state index in [9.17, 15) is 4.79 Å². The van der Waals surface area contributed by atoms with E-state index in [-0.39, 0.29) is 5.56 Å². The first-order valence-electron chi connectivity index (χ1n) is 7.36. The molecule has 2 aromatic carbocycles. The van der Waals surface area contributed by atoms with Crippen molar-refractivity contribution in [2.24, 2.45) is 0 Å². The molecule has 0 aliphatic heterocycles. The van der Waals surface area contributed by atoms with Crippen molar-refractivity contribution in [3.05, 3.63) is 73.2 Å². The SMILES string of the molecule is C[NH+](Cc1nc2cc(Cl)ccc2c(=O)[nH]1)Cc1cccc(Cl)c1Cl. The zero-order valence-corrected chi connectivity index (χ0v) is 15.1.